The Labute approximate surface area is 130 Å². The summed E-state index contributed by atoms with van der Waals surface area (Å²) in [4.78, 5) is 16.5. The molecule has 6 nitrogen and oxygen atoms in total. The van der Waals surface area contributed by atoms with E-state index in [9.17, 15) is 9.90 Å². The molecule has 2 aliphatic heterocycles. The van der Waals surface area contributed by atoms with Gasteiger partial charge in [0.05, 0.1) is 19.3 Å². The first-order valence-electron chi connectivity index (χ1n) is 7.97. The van der Waals surface area contributed by atoms with Gasteiger partial charge >= 0.3 is 0 Å². The number of amides is 1. The Hall–Kier alpha value is -1.53. The zero-order chi connectivity index (χ0) is 15.6. The molecule has 1 N–H and O–H groups in total. The van der Waals surface area contributed by atoms with Gasteiger partial charge in [-0.15, -0.1) is 0 Å². The van der Waals surface area contributed by atoms with Crippen LogP contribution in [0.3, 0.4) is 0 Å². The van der Waals surface area contributed by atoms with Crippen molar-refractivity contribution in [3.05, 3.63) is 17.9 Å². The molecule has 1 aromatic heterocycles. The van der Waals surface area contributed by atoms with Crippen LogP contribution in [0.2, 0.25) is 0 Å². The number of furan rings is 1. The summed E-state index contributed by atoms with van der Waals surface area (Å²) in [5.41, 5.74) is -0.811. The van der Waals surface area contributed by atoms with Crippen LogP contribution in [0.15, 0.2) is 16.5 Å². The first-order chi connectivity index (χ1) is 10.6. The maximum absolute atomic E-state index is 12.5. The van der Waals surface area contributed by atoms with Gasteiger partial charge in [0.1, 0.15) is 0 Å². The van der Waals surface area contributed by atoms with Crippen molar-refractivity contribution in [3.63, 3.8) is 0 Å². The summed E-state index contributed by atoms with van der Waals surface area (Å²) in [5, 5.41) is 10.9. The van der Waals surface area contributed by atoms with Gasteiger partial charge in [-0.25, -0.2) is 0 Å². The van der Waals surface area contributed by atoms with Crippen LogP contribution >= 0.6 is 0 Å². The van der Waals surface area contributed by atoms with E-state index in [1.165, 1.54) is 20.0 Å². The maximum atomic E-state index is 12.5. The Morgan fingerprint density at radius 2 is 2.09 bits per heavy atom. The largest absolute Gasteiger partial charge is 0.468 e. The number of likely N-dealkylation sites (tertiary alicyclic amines) is 2. The van der Waals surface area contributed by atoms with Crippen LogP contribution in [0, 0.1) is 0 Å². The lowest BCUT2D eigenvalue weighted by Crippen LogP contribution is -2.55. The van der Waals surface area contributed by atoms with Crippen LogP contribution < -0.4 is 4.74 Å². The molecule has 2 saturated heterocycles. The molecule has 122 valence electrons. The highest BCUT2D eigenvalue weighted by atomic mass is 16.6. The maximum Gasteiger partial charge on any atom is 0.289 e. The molecule has 0 aliphatic carbocycles. The first kappa shape index (κ1) is 15.4. The van der Waals surface area contributed by atoms with Crippen molar-refractivity contribution in [3.8, 4) is 5.95 Å². The molecular formula is C16H24N2O4. The molecule has 0 radical (unpaired) electrons. The fraction of sp³-hybridized carbons (Fsp3) is 0.688. The fourth-order valence-corrected chi connectivity index (χ4v) is 3.47. The molecule has 3 rings (SSSR count). The van der Waals surface area contributed by atoms with E-state index in [1.54, 1.807) is 17.0 Å². The van der Waals surface area contributed by atoms with E-state index in [0.717, 1.165) is 25.9 Å². The number of nitrogens with zero attached hydrogens (tertiary/aromatic N) is 2. The van der Waals surface area contributed by atoms with Gasteiger partial charge in [-0.05, 0) is 44.8 Å². The summed E-state index contributed by atoms with van der Waals surface area (Å²) in [6.45, 7) is 3.77. The number of carbonyl (C=O) groups is 1. The lowest BCUT2D eigenvalue weighted by atomic mass is 9.92. The summed E-state index contributed by atoms with van der Waals surface area (Å²) in [6.07, 6.45) is 3.96. The van der Waals surface area contributed by atoms with Crippen LogP contribution in [-0.2, 0) is 0 Å². The van der Waals surface area contributed by atoms with E-state index in [4.69, 9.17) is 9.15 Å². The quantitative estimate of drug-likeness (QED) is 0.909. The van der Waals surface area contributed by atoms with E-state index in [-0.39, 0.29) is 11.7 Å². The Morgan fingerprint density at radius 1 is 1.32 bits per heavy atom. The fourth-order valence-electron chi connectivity index (χ4n) is 3.47. The third-order valence-corrected chi connectivity index (χ3v) is 4.55. The molecule has 0 saturated carbocycles. The van der Waals surface area contributed by atoms with Gasteiger partial charge in [0.25, 0.3) is 11.9 Å². The van der Waals surface area contributed by atoms with Gasteiger partial charge in [0.2, 0.25) is 0 Å². The first-order valence-corrected chi connectivity index (χ1v) is 7.97. The molecule has 2 aliphatic rings. The summed E-state index contributed by atoms with van der Waals surface area (Å²) >= 11 is 0. The third kappa shape index (κ3) is 3.28. The number of hydrogen-bond acceptors (Lipinski definition) is 5. The average molecular weight is 308 g/mol. The van der Waals surface area contributed by atoms with Crippen LogP contribution in [0.4, 0.5) is 0 Å². The SMILES string of the molecule is COc1ccc(C(=O)N2CCCC(O)(CN3CCCC3)C2)o1. The summed E-state index contributed by atoms with van der Waals surface area (Å²) in [7, 11) is 1.50. The Bertz CT molecular complexity index is 524. The summed E-state index contributed by atoms with van der Waals surface area (Å²) in [5.74, 6) is 0.415. The predicted octanol–water partition coefficient (Wildman–Crippen LogP) is 1.35. The van der Waals surface area contributed by atoms with Crippen molar-refractivity contribution in [1.29, 1.82) is 0 Å². The van der Waals surface area contributed by atoms with Gasteiger partial charge in [-0.3, -0.25) is 4.79 Å². The zero-order valence-corrected chi connectivity index (χ0v) is 13.1. The number of hydrogen-bond donors (Lipinski definition) is 1. The van der Waals surface area contributed by atoms with Crippen molar-refractivity contribution in [2.45, 2.75) is 31.3 Å². The summed E-state index contributed by atoms with van der Waals surface area (Å²) in [6, 6.07) is 3.25. The zero-order valence-electron chi connectivity index (χ0n) is 13.1. The normalized spacial score (nSPS) is 26.4. The number of aliphatic hydroxyl groups is 1. The molecule has 2 fully saturated rings. The molecule has 0 bridgehead atoms. The van der Waals surface area contributed by atoms with Crippen LogP contribution in [0.25, 0.3) is 0 Å². The Kier molecular flexibility index (Phi) is 4.40. The van der Waals surface area contributed by atoms with Gasteiger partial charge in [-0.2, -0.15) is 0 Å². The highest BCUT2D eigenvalue weighted by Crippen LogP contribution is 2.26. The Balaban J connectivity index is 1.65. The highest BCUT2D eigenvalue weighted by molar-refractivity contribution is 5.91. The van der Waals surface area contributed by atoms with Crippen molar-refractivity contribution in [2.75, 3.05) is 39.8 Å². The third-order valence-electron chi connectivity index (χ3n) is 4.55. The highest BCUT2D eigenvalue weighted by Gasteiger charge is 2.38. The van der Waals surface area contributed by atoms with E-state index in [0.29, 0.717) is 25.6 Å². The van der Waals surface area contributed by atoms with E-state index in [1.807, 2.05) is 0 Å². The minimum atomic E-state index is -0.811. The van der Waals surface area contributed by atoms with E-state index < -0.39 is 5.60 Å². The topological polar surface area (TPSA) is 66.2 Å². The smallest absolute Gasteiger partial charge is 0.289 e. The second kappa shape index (κ2) is 6.30. The van der Waals surface area contributed by atoms with E-state index in [2.05, 4.69) is 4.90 Å². The number of β-amino-alcohol motifs (C(OH)–C–C–N with tert-alkyl or cyclic N) is 1. The molecule has 22 heavy (non-hydrogen) atoms. The van der Waals surface area contributed by atoms with Crippen LogP contribution in [0.1, 0.15) is 36.2 Å². The van der Waals surface area contributed by atoms with Gasteiger partial charge in [0, 0.05) is 19.2 Å². The average Bonchev–Trinajstić information content (AvgIpc) is 3.17. The molecule has 0 spiro atoms. The van der Waals surface area contributed by atoms with Crippen molar-refractivity contribution >= 4 is 5.91 Å². The minimum absolute atomic E-state index is 0.178. The molecule has 0 aromatic carbocycles. The lowest BCUT2D eigenvalue weighted by molar-refractivity contribution is -0.0437. The van der Waals surface area contributed by atoms with Crippen molar-refractivity contribution in [1.82, 2.24) is 9.80 Å². The number of methoxy groups -OCH3 is 1. The molecule has 1 unspecified atom stereocenters. The molecular weight excluding hydrogens is 284 g/mol. The number of rotatable bonds is 4. The Morgan fingerprint density at radius 3 is 2.77 bits per heavy atom. The predicted molar refractivity (Wildman–Crippen MR) is 81.0 cm³/mol. The summed E-state index contributed by atoms with van der Waals surface area (Å²) < 4.78 is 10.3. The molecule has 1 aromatic rings. The second-order valence-electron chi connectivity index (χ2n) is 6.36. The van der Waals surface area contributed by atoms with Crippen LogP contribution in [0.5, 0.6) is 5.95 Å². The standard InChI is InChI=1S/C16H24N2O4/c1-21-14-6-5-13(22-14)15(19)18-10-4-7-16(20,12-18)11-17-8-2-3-9-17/h5-6,20H,2-4,7-12H2,1H3. The van der Waals surface area contributed by atoms with Crippen LogP contribution in [-0.4, -0.2) is 66.2 Å². The number of ether oxygens (including phenoxy) is 1. The van der Waals surface area contributed by atoms with Gasteiger partial charge in [0.15, 0.2) is 5.76 Å². The molecule has 1 atom stereocenters. The van der Waals surface area contributed by atoms with E-state index >= 15 is 0 Å². The van der Waals surface area contributed by atoms with Gasteiger partial charge in [-0.1, -0.05) is 0 Å². The monoisotopic (exact) mass is 308 g/mol. The number of piperidine rings is 1. The van der Waals surface area contributed by atoms with Crippen molar-refractivity contribution in [2.24, 2.45) is 0 Å². The van der Waals surface area contributed by atoms with Crippen molar-refractivity contribution < 1.29 is 19.1 Å². The minimum Gasteiger partial charge on any atom is -0.468 e. The molecule has 1 amide bonds. The lowest BCUT2D eigenvalue weighted by Gasteiger charge is -2.40. The van der Waals surface area contributed by atoms with Gasteiger partial charge < -0.3 is 24.1 Å². The molecule has 6 heteroatoms. The second-order valence-corrected chi connectivity index (χ2v) is 6.36. The number of carbonyl (C=O) groups excluding carboxylic acids is 1. The molecule has 3 heterocycles.